The van der Waals surface area contributed by atoms with Gasteiger partial charge in [-0.15, -0.1) is 0 Å². The van der Waals surface area contributed by atoms with Gasteiger partial charge in [0.1, 0.15) is 11.4 Å². The molecule has 2 heterocycles. The van der Waals surface area contributed by atoms with Crippen molar-refractivity contribution in [2.24, 2.45) is 0 Å². The summed E-state index contributed by atoms with van der Waals surface area (Å²) in [6.07, 6.45) is 0.108. The third kappa shape index (κ3) is 4.51. The largest absolute Gasteiger partial charge is 0.511 e. The van der Waals surface area contributed by atoms with Crippen molar-refractivity contribution < 1.29 is 19.4 Å². The van der Waals surface area contributed by atoms with Crippen molar-refractivity contribution in [1.29, 1.82) is 0 Å². The van der Waals surface area contributed by atoms with Gasteiger partial charge in [-0.1, -0.05) is 18.2 Å². The molecule has 9 nitrogen and oxygen atoms in total. The molecule has 0 radical (unpaired) electrons. The highest BCUT2D eigenvalue weighted by molar-refractivity contribution is 6.11. The Morgan fingerprint density at radius 1 is 0.886 bits per heavy atom. The number of hydrogen-bond donors (Lipinski definition) is 4. The van der Waals surface area contributed by atoms with Gasteiger partial charge in [-0.3, -0.25) is 9.59 Å². The standard InChI is InChI=1S/C26H18N4O5/c31-24(15-4-2-1-3-5-15)29-17-8-6-16(7-9-17)28-21-12-13-27-23-22(21)19-11-10-18(35-26(33)34)14-20(19)25(32)30-23/h1-14H,(H,29,31)(H,33,34)(H2,27,28,30,32). The number of aromatic nitrogens is 2. The number of ether oxygens (including phenoxy) is 1. The third-order valence-corrected chi connectivity index (χ3v) is 5.35. The van der Waals surface area contributed by atoms with Crippen LogP contribution in [0.25, 0.3) is 21.8 Å². The van der Waals surface area contributed by atoms with E-state index in [9.17, 15) is 14.4 Å². The fraction of sp³-hybridized carbons (Fsp3) is 0. The fourth-order valence-corrected chi connectivity index (χ4v) is 3.79. The first-order valence-corrected chi connectivity index (χ1v) is 10.6. The molecule has 5 rings (SSSR count). The molecular weight excluding hydrogens is 448 g/mol. The van der Waals surface area contributed by atoms with Crippen LogP contribution in [-0.4, -0.2) is 27.1 Å². The quantitative estimate of drug-likeness (QED) is 0.160. The van der Waals surface area contributed by atoms with Gasteiger partial charge in [0.05, 0.1) is 11.1 Å². The summed E-state index contributed by atoms with van der Waals surface area (Å²) in [6, 6.07) is 22.4. The van der Waals surface area contributed by atoms with Crippen molar-refractivity contribution in [2.75, 3.05) is 10.6 Å². The predicted molar refractivity (Wildman–Crippen MR) is 133 cm³/mol. The van der Waals surface area contributed by atoms with Crippen molar-refractivity contribution in [3.63, 3.8) is 0 Å². The van der Waals surface area contributed by atoms with Crippen LogP contribution in [-0.2, 0) is 0 Å². The minimum absolute atomic E-state index is 0.0430. The first-order valence-electron chi connectivity index (χ1n) is 10.6. The number of carboxylic acid groups (broad SMARTS) is 1. The van der Waals surface area contributed by atoms with E-state index in [2.05, 4.69) is 25.3 Å². The lowest BCUT2D eigenvalue weighted by Gasteiger charge is -2.13. The van der Waals surface area contributed by atoms with Crippen molar-refractivity contribution in [3.8, 4) is 5.75 Å². The van der Waals surface area contributed by atoms with Crippen molar-refractivity contribution in [1.82, 2.24) is 9.97 Å². The molecule has 5 aromatic rings. The molecule has 0 saturated carbocycles. The molecular formula is C26H18N4O5. The number of aromatic amines is 1. The number of nitrogens with zero attached hydrogens (tertiary/aromatic N) is 1. The summed E-state index contributed by atoms with van der Waals surface area (Å²) in [5.74, 6) is -0.158. The molecule has 0 aliphatic heterocycles. The van der Waals surface area contributed by atoms with E-state index in [1.165, 1.54) is 12.1 Å². The van der Waals surface area contributed by atoms with Gasteiger partial charge in [-0.2, -0.15) is 0 Å². The number of carbonyl (C=O) groups excluding carboxylic acids is 1. The number of carbonyl (C=O) groups is 2. The Morgan fingerprint density at radius 3 is 2.37 bits per heavy atom. The molecule has 0 saturated heterocycles. The number of H-pyrrole nitrogens is 1. The number of hydrogen-bond acceptors (Lipinski definition) is 6. The maximum absolute atomic E-state index is 12.6. The minimum atomic E-state index is -1.46. The Bertz CT molecular complexity index is 1630. The van der Waals surface area contributed by atoms with Gasteiger partial charge in [-0.05, 0) is 60.7 Å². The summed E-state index contributed by atoms with van der Waals surface area (Å²) in [5.41, 5.74) is 2.61. The molecule has 2 aromatic heterocycles. The average molecular weight is 466 g/mol. The Morgan fingerprint density at radius 2 is 1.63 bits per heavy atom. The number of pyridine rings is 2. The van der Waals surface area contributed by atoms with Crippen LogP contribution in [0.1, 0.15) is 10.4 Å². The number of fused-ring (bicyclic) bond motifs is 3. The van der Waals surface area contributed by atoms with E-state index in [4.69, 9.17) is 5.11 Å². The van der Waals surface area contributed by atoms with E-state index in [1.807, 2.05) is 18.2 Å². The normalized spacial score (nSPS) is 10.7. The van der Waals surface area contributed by atoms with Crippen molar-refractivity contribution in [3.05, 3.63) is 101 Å². The first kappa shape index (κ1) is 21.7. The summed E-state index contributed by atoms with van der Waals surface area (Å²) in [7, 11) is 0. The van der Waals surface area contributed by atoms with Crippen LogP contribution >= 0.6 is 0 Å². The van der Waals surface area contributed by atoms with Crippen LogP contribution < -0.4 is 20.9 Å². The number of nitrogens with one attached hydrogen (secondary N) is 3. The molecule has 0 bridgehead atoms. The molecule has 4 N–H and O–H groups in total. The van der Waals surface area contributed by atoms with E-state index < -0.39 is 11.7 Å². The molecule has 0 unspecified atom stereocenters. The van der Waals surface area contributed by atoms with Crippen LogP contribution in [0.2, 0.25) is 0 Å². The third-order valence-electron chi connectivity index (χ3n) is 5.35. The molecule has 1 amide bonds. The van der Waals surface area contributed by atoms with E-state index in [-0.39, 0.29) is 17.0 Å². The molecule has 9 heteroatoms. The lowest BCUT2D eigenvalue weighted by Crippen LogP contribution is -2.11. The number of amides is 1. The summed E-state index contributed by atoms with van der Waals surface area (Å²) in [6.45, 7) is 0. The monoisotopic (exact) mass is 466 g/mol. The molecule has 172 valence electrons. The lowest BCUT2D eigenvalue weighted by molar-refractivity contribution is 0.102. The van der Waals surface area contributed by atoms with Gasteiger partial charge in [0.15, 0.2) is 0 Å². The summed E-state index contributed by atoms with van der Waals surface area (Å²) in [5, 5.41) is 16.6. The van der Waals surface area contributed by atoms with Gasteiger partial charge in [0.25, 0.3) is 11.5 Å². The Kier molecular flexibility index (Phi) is 5.56. The van der Waals surface area contributed by atoms with Gasteiger partial charge in [-0.25, -0.2) is 9.78 Å². The molecule has 0 atom stereocenters. The average Bonchev–Trinajstić information content (AvgIpc) is 2.85. The van der Waals surface area contributed by atoms with Crippen LogP contribution in [0.5, 0.6) is 5.75 Å². The van der Waals surface area contributed by atoms with Crippen LogP contribution in [0.3, 0.4) is 0 Å². The Hall–Kier alpha value is -5.18. The second-order valence-corrected chi connectivity index (χ2v) is 7.63. The van der Waals surface area contributed by atoms with Crippen LogP contribution in [0, 0.1) is 0 Å². The predicted octanol–water partition coefficient (Wildman–Crippen LogP) is 5.13. The smallest absolute Gasteiger partial charge is 0.449 e. The highest BCUT2D eigenvalue weighted by Crippen LogP contribution is 2.31. The minimum Gasteiger partial charge on any atom is -0.449 e. The van der Waals surface area contributed by atoms with Gasteiger partial charge in [0, 0.05) is 33.9 Å². The Balaban J connectivity index is 1.46. The van der Waals surface area contributed by atoms with Crippen LogP contribution in [0.15, 0.2) is 89.9 Å². The molecule has 0 fully saturated rings. The van der Waals surface area contributed by atoms with Crippen molar-refractivity contribution in [2.45, 2.75) is 0 Å². The number of benzene rings is 3. The number of rotatable bonds is 5. The lowest BCUT2D eigenvalue weighted by atomic mass is 10.1. The molecule has 3 aromatic carbocycles. The fourth-order valence-electron chi connectivity index (χ4n) is 3.79. The summed E-state index contributed by atoms with van der Waals surface area (Å²) in [4.78, 5) is 42.8. The first-order chi connectivity index (χ1) is 17.0. The van der Waals surface area contributed by atoms with Gasteiger partial charge in [0.2, 0.25) is 0 Å². The molecule has 35 heavy (non-hydrogen) atoms. The van der Waals surface area contributed by atoms with Crippen LogP contribution in [0.4, 0.5) is 21.9 Å². The highest BCUT2D eigenvalue weighted by Gasteiger charge is 2.13. The topological polar surface area (TPSA) is 133 Å². The van der Waals surface area contributed by atoms with Gasteiger partial charge < -0.3 is 25.5 Å². The second kappa shape index (κ2) is 8.99. The second-order valence-electron chi connectivity index (χ2n) is 7.63. The molecule has 0 spiro atoms. The van der Waals surface area contributed by atoms with Gasteiger partial charge >= 0.3 is 6.16 Å². The zero-order chi connectivity index (χ0) is 24.4. The maximum atomic E-state index is 12.6. The van der Waals surface area contributed by atoms with Crippen molar-refractivity contribution >= 4 is 50.9 Å². The molecule has 0 aliphatic carbocycles. The zero-order valence-corrected chi connectivity index (χ0v) is 18.1. The Labute approximate surface area is 198 Å². The summed E-state index contributed by atoms with van der Waals surface area (Å²) >= 11 is 0. The van der Waals surface area contributed by atoms with E-state index in [0.29, 0.717) is 33.4 Å². The number of anilines is 3. The molecule has 0 aliphatic rings. The van der Waals surface area contributed by atoms with E-state index >= 15 is 0 Å². The zero-order valence-electron chi connectivity index (χ0n) is 18.1. The highest BCUT2D eigenvalue weighted by atomic mass is 16.7. The van der Waals surface area contributed by atoms with E-state index in [0.717, 1.165) is 5.69 Å². The maximum Gasteiger partial charge on any atom is 0.511 e. The SMILES string of the molecule is O=C(O)Oc1ccc2c(c1)c(=O)[nH]c1nccc(Nc3ccc(NC(=O)c4ccccc4)cc3)c12. The summed E-state index contributed by atoms with van der Waals surface area (Å²) < 4.78 is 4.68. The van der Waals surface area contributed by atoms with E-state index in [1.54, 1.807) is 54.7 Å².